The molecule has 0 spiro atoms. The predicted octanol–water partition coefficient (Wildman–Crippen LogP) is 3.23. The van der Waals surface area contributed by atoms with Gasteiger partial charge in [-0.15, -0.1) is 0 Å². The summed E-state index contributed by atoms with van der Waals surface area (Å²) < 4.78 is 13.0. The number of hydrogen-bond acceptors (Lipinski definition) is 5. The van der Waals surface area contributed by atoms with Gasteiger partial charge in [0.15, 0.2) is 0 Å². The first-order chi connectivity index (χ1) is 13.1. The van der Waals surface area contributed by atoms with Gasteiger partial charge >= 0.3 is 0 Å². The van der Waals surface area contributed by atoms with Crippen molar-refractivity contribution < 1.29 is 14.3 Å². The highest BCUT2D eigenvalue weighted by molar-refractivity contribution is 9.10. The third kappa shape index (κ3) is 4.46. The van der Waals surface area contributed by atoms with E-state index in [0.29, 0.717) is 28.1 Å². The maximum Gasteiger partial charge on any atom is 0.252 e. The Labute approximate surface area is 165 Å². The maximum absolute atomic E-state index is 12.9. The maximum atomic E-state index is 12.9. The molecule has 1 amide bonds. The Morgan fingerprint density at radius 3 is 2.41 bits per heavy atom. The molecule has 1 heterocycles. The molecule has 3 rings (SSSR count). The lowest BCUT2D eigenvalue weighted by molar-refractivity contribution is 0.0931. The van der Waals surface area contributed by atoms with Crippen LogP contribution in [0.25, 0.3) is 0 Å². The molecule has 0 fully saturated rings. The number of hydrogen-bond donors (Lipinski definition) is 1. The molecule has 0 bridgehead atoms. The highest BCUT2D eigenvalue weighted by atomic mass is 79.9. The van der Waals surface area contributed by atoms with E-state index in [9.17, 15) is 4.79 Å². The number of aromatic nitrogens is 3. The van der Waals surface area contributed by atoms with Gasteiger partial charge in [0.25, 0.3) is 5.91 Å². The summed E-state index contributed by atoms with van der Waals surface area (Å²) in [7, 11) is 3.08. The number of ether oxygens (including phenoxy) is 2. The Bertz CT molecular complexity index is 876. The molecule has 140 valence electrons. The average Bonchev–Trinajstić information content (AvgIpc) is 3.21. The minimum absolute atomic E-state index is 0.243. The quantitative estimate of drug-likeness (QED) is 0.622. The van der Waals surface area contributed by atoms with Crippen molar-refractivity contribution >= 4 is 21.8 Å². The van der Waals surface area contributed by atoms with Gasteiger partial charge in [0.05, 0.1) is 26.8 Å². The second-order valence-corrected chi connectivity index (χ2v) is 6.54. The molecule has 7 nitrogen and oxygen atoms in total. The van der Waals surface area contributed by atoms with E-state index in [-0.39, 0.29) is 11.9 Å². The number of nitrogens with zero attached hydrogens (tertiary/aromatic N) is 3. The van der Waals surface area contributed by atoms with E-state index in [2.05, 4.69) is 31.3 Å². The first-order valence-corrected chi connectivity index (χ1v) is 9.01. The fourth-order valence-corrected chi connectivity index (χ4v) is 3.23. The van der Waals surface area contributed by atoms with Crippen LogP contribution in [0.2, 0.25) is 0 Å². The molecular formula is C19H19BrN4O3. The fourth-order valence-electron chi connectivity index (χ4n) is 2.68. The van der Waals surface area contributed by atoms with Crippen molar-refractivity contribution in [1.82, 2.24) is 20.1 Å². The molecule has 1 atom stereocenters. The van der Waals surface area contributed by atoms with Crippen LogP contribution in [0.5, 0.6) is 11.5 Å². The van der Waals surface area contributed by atoms with Crippen LogP contribution in [0.4, 0.5) is 0 Å². The summed E-state index contributed by atoms with van der Waals surface area (Å²) >= 11 is 3.41. The Kier molecular flexibility index (Phi) is 6.08. The van der Waals surface area contributed by atoms with Gasteiger partial charge in [0, 0.05) is 5.56 Å². The summed E-state index contributed by atoms with van der Waals surface area (Å²) in [6.07, 6.45) is 3.09. The highest BCUT2D eigenvalue weighted by Gasteiger charge is 2.19. The summed E-state index contributed by atoms with van der Waals surface area (Å²) in [5, 5.41) is 7.19. The van der Waals surface area contributed by atoms with Crippen molar-refractivity contribution in [2.75, 3.05) is 14.2 Å². The SMILES string of the molecule is COc1cc(C(=O)NC(Cn2cncn2)c2ccccc2)cc(OC)c1Br. The monoisotopic (exact) mass is 430 g/mol. The number of nitrogens with one attached hydrogen (secondary N) is 1. The molecule has 0 saturated heterocycles. The Morgan fingerprint density at radius 1 is 1.19 bits per heavy atom. The number of methoxy groups -OCH3 is 2. The third-order valence-corrected chi connectivity index (χ3v) is 4.83. The van der Waals surface area contributed by atoms with Crippen LogP contribution in [0.15, 0.2) is 59.6 Å². The first-order valence-electron chi connectivity index (χ1n) is 8.22. The van der Waals surface area contributed by atoms with Crippen molar-refractivity contribution in [2.45, 2.75) is 12.6 Å². The van der Waals surface area contributed by atoms with E-state index in [1.165, 1.54) is 6.33 Å². The number of amides is 1. The van der Waals surface area contributed by atoms with Gasteiger partial charge in [-0.2, -0.15) is 5.10 Å². The van der Waals surface area contributed by atoms with Crippen LogP contribution in [0, 0.1) is 0 Å². The lowest BCUT2D eigenvalue weighted by Crippen LogP contribution is -2.31. The van der Waals surface area contributed by atoms with Crippen LogP contribution >= 0.6 is 15.9 Å². The average molecular weight is 431 g/mol. The Balaban J connectivity index is 1.88. The van der Waals surface area contributed by atoms with Crippen LogP contribution in [0.1, 0.15) is 22.0 Å². The van der Waals surface area contributed by atoms with E-state index >= 15 is 0 Å². The summed E-state index contributed by atoms with van der Waals surface area (Å²) in [5.74, 6) is 0.798. The fraction of sp³-hybridized carbons (Fsp3) is 0.211. The molecule has 8 heteroatoms. The lowest BCUT2D eigenvalue weighted by Gasteiger charge is -2.20. The molecule has 1 unspecified atom stereocenters. The number of benzene rings is 2. The van der Waals surface area contributed by atoms with Gasteiger partial charge in [0.2, 0.25) is 0 Å². The molecule has 2 aromatic carbocycles. The van der Waals surface area contributed by atoms with E-state index in [4.69, 9.17) is 9.47 Å². The second-order valence-electron chi connectivity index (χ2n) is 5.75. The number of rotatable bonds is 7. The summed E-state index contributed by atoms with van der Waals surface area (Å²) in [6.45, 7) is 0.459. The van der Waals surface area contributed by atoms with Gasteiger partial charge in [0.1, 0.15) is 28.6 Å². The van der Waals surface area contributed by atoms with Gasteiger partial charge in [-0.1, -0.05) is 30.3 Å². The summed E-state index contributed by atoms with van der Waals surface area (Å²) in [4.78, 5) is 16.9. The van der Waals surface area contributed by atoms with Crippen LogP contribution in [-0.2, 0) is 6.54 Å². The molecule has 27 heavy (non-hydrogen) atoms. The second kappa shape index (κ2) is 8.68. The van der Waals surface area contributed by atoms with Gasteiger partial charge in [-0.05, 0) is 33.6 Å². The van der Waals surface area contributed by atoms with E-state index in [1.54, 1.807) is 37.4 Å². The topological polar surface area (TPSA) is 78.3 Å². The largest absolute Gasteiger partial charge is 0.495 e. The van der Waals surface area contributed by atoms with E-state index in [1.807, 2.05) is 30.3 Å². The van der Waals surface area contributed by atoms with Crippen LogP contribution in [0.3, 0.4) is 0 Å². The smallest absolute Gasteiger partial charge is 0.252 e. The first kappa shape index (κ1) is 18.9. The van der Waals surface area contributed by atoms with Crippen LogP contribution in [-0.4, -0.2) is 34.9 Å². The molecule has 3 aromatic rings. The molecule has 0 saturated carbocycles. The summed E-state index contributed by atoms with van der Waals surface area (Å²) in [6, 6.07) is 12.8. The number of halogens is 1. The lowest BCUT2D eigenvalue weighted by atomic mass is 10.1. The molecule has 0 radical (unpaired) electrons. The van der Waals surface area contributed by atoms with Gasteiger partial charge in [-0.25, -0.2) is 4.98 Å². The Morgan fingerprint density at radius 2 is 1.85 bits per heavy atom. The number of carbonyl (C=O) groups is 1. The van der Waals surface area contributed by atoms with Crippen molar-refractivity contribution in [1.29, 1.82) is 0 Å². The minimum atomic E-state index is -0.277. The Hall–Kier alpha value is -2.87. The van der Waals surface area contributed by atoms with Crippen molar-refractivity contribution in [3.63, 3.8) is 0 Å². The zero-order valence-electron chi connectivity index (χ0n) is 14.9. The minimum Gasteiger partial charge on any atom is -0.495 e. The number of carbonyl (C=O) groups excluding carboxylic acids is 1. The van der Waals surface area contributed by atoms with Gasteiger partial charge in [-0.3, -0.25) is 9.48 Å². The molecule has 0 aliphatic heterocycles. The van der Waals surface area contributed by atoms with Crippen molar-refractivity contribution in [2.24, 2.45) is 0 Å². The van der Waals surface area contributed by atoms with Crippen molar-refractivity contribution in [3.05, 3.63) is 70.7 Å². The molecule has 0 aliphatic rings. The molecule has 0 aliphatic carbocycles. The highest BCUT2D eigenvalue weighted by Crippen LogP contribution is 2.35. The molecular weight excluding hydrogens is 412 g/mol. The van der Waals surface area contributed by atoms with E-state index < -0.39 is 0 Å². The zero-order valence-corrected chi connectivity index (χ0v) is 16.5. The van der Waals surface area contributed by atoms with Gasteiger partial charge < -0.3 is 14.8 Å². The van der Waals surface area contributed by atoms with E-state index in [0.717, 1.165) is 5.56 Å². The van der Waals surface area contributed by atoms with Crippen molar-refractivity contribution in [3.8, 4) is 11.5 Å². The predicted molar refractivity (Wildman–Crippen MR) is 104 cm³/mol. The third-order valence-electron chi connectivity index (χ3n) is 4.05. The van der Waals surface area contributed by atoms with Crippen LogP contribution < -0.4 is 14.8 Å². The normalized spacial score (nSPS) is 11.7. The molecule has 1 N–H and O–H groups in total. The zero-order chi connectivity index (χ0) is 19.2. The standard InChI is InChI=1S/C19H19BrN4O3/c1-26-16-8-14(9-17(27-2)18(16)20)19(25)23-15(10-24-12-21-11-22-24)13-6-4-3-5-7-13/h3-9,11-12,15H,10H2,1-2H3,(H,23,25). The molecule has 1 aromatic heterocycles. The summed E-state index contributed by atoms with van der Waals surface area (Å²) in [5.41, 5.74) is 1.41.